The van der Waals surface area contributed by atoms with E-state index in [2.05, 4.69) is 26.2 Å². The number of aromatic amines is 1. The van der Waals surface area contributed by atoms with Crippen LogP contribution in [-0.4, -0.2) is 11.5 Å². The fourth-order valence-electron chi connectivity index (χ4n) is 2.66. The number of nitrogens with one attached hydrogen (secondary N) is 2. The van der Waals surface area contributed by atoms with Crippen molar-refractivity contribution in [3.05, 3.63) is 63.8 Å². The highest BCUT2D eigenvalue weighted by Gasteiger charge is 2.31. The Morgan fingerprint density at radius 1 is 1.16 bits per heavy atom. The van der Waals surface area contributed by atoms with Gasteiger partial charge in [0.25, 0.3) is 0 Å². The monoisotopic (exact) mass is 407 g/mol. The van der Waals surface area contributed by atoms with E-state index in [1.54, 1.807) is 0 Å². The summed E-state index contributed by atoms with van der Waals surface area (Å²) in [7, 11) is 0. The molecule has 25 heavy (non-hydrogen) atoms. The van der Waals surface area contributed by atoms with Gasteiger partial charge in [-0.15, -0.1) is 0 Å². The van der Waals surface area contributed by atoms with Gasteiger partial charge >= 0.3 is 6.18 Å². The van der Waals surface area contributed by atoms with E-state index in [1.807, 2.05) is 30.5 Å². The minimum Gasteiger partial charge on any atom is -0.384 e. The highest BCUT2D eigenvalue weighted by atomic mass is 79.9. The predicted octanol–water partition coefficient (Wildman–Crippen LogP) is 5.48. The number of alkyl halides is 3. The number of halogens is 4. The Labute approximate surface area is 150 Å². The van der Waals surface area contributed by atoms with Crippen LogP contribution in [0.4, 0.5) is 18.9 Å². The summed E-state index contributed by atoms with van der Waals surface area (Å²) < 4.78 is 39.1. The zero-order valence-corrected chi connectivity index (χ0v) is 14.5. The molecule has 0 unspecified atom stereocenters. The van der Waals surface area contributed by atoms with Crippen molar-refractivity contribution in [2.24, 2.45) is 0 Å². The molecule has 0 aliphatic heterocycles. The number of nitrogens with zero attached hydrogens (tertiary/aromatic N) is 1. The minimum atomic E-state index is -4.46. The maximum absolute atomic E-state index is 12.7. The van der Waals surface area contributed by atoms with Gasteiger partial charge in [-0.25, -0.2) is 0 Å². The van der Waals surface area contributed by atoms with E-state index < -0.39 is 11.7 Å². The van der Waals surface area contributed by atoms with Crippen LogP contribution in [0.1, 0.15) is 16.7 Å². The Hall–Kier alpha value is -2.46. The van der Waals surface area contributed by atoms with Crippen LogP contribution in [0.3, 0.4) is 0 Å². The Balaban J connectivity index is 1.72. The molecule has 0 fully saturated rings. The fraction of sp³-hybridized carbons (Fsp3) is 0.167. The van der Waals surface area contributed by atoms with Crippen LogP contribution in [0, 0.1) is 11.3 Å². The second kappa shape index (κ2) is 6.81. The lowest BCUT2D eigenvalue weighted by atomic mass is 10.1. The Bertz CT molecular complexity index is 954. The molecule has 7 heteroatoms. The average Bonchev–Trinajstić information content (AvgIpc) is 2.96. The van der Waals surface area contributed by atoms with Gasteiger partial charge in [0.05, 0.1) is 16.8 Å². The van der Waals surface area contributed by atoms with Gasteiger partial charge in [-0.2, -0.15) is 18.4 Å². The van der Waals surface area contributed by atoms with Crippen molar-refractivity contribution in [2.45, 2.75) is 12.6 Å². The third kappa shape index (κ3) is 3.80. The van der Waals surface area contributed by atoms with Crippen LogP contribution in [-0.2, 0) is 12.6 Å². The molecule has 0 bridgehead atoms. The summed E-state index contributed by atoms with van der Waals surface area (Å²) in [6, 6.07) is 10.9. The van der Waals surface area contributed by atoms with E-state index in [-0.39, 0.29) is 5.56 Å². The molecule has 3 aromatic rings. The van der Waals surface area contributed by atoms with Gasteiger partial charge in [0.15, 0.2) is 0 Å². The number of aromatic nitrogens is 1. The molecule has 128 valence electrons. The topological polar surface area (TPSA) is 51.6 Å². The number of rotatable bonds is 4. The molecular weight excluding hydrogens is 395 g/mol. The normalized spacial score (nSPS) is 11.5. The first-order chi connectivity index (χ1) is 11.9. The molecule has 0 radical (unpaired) electrons. The molecule has 0 aliphatic rings. The Morgan fingerprint density at radius 2 is 1.96 bits per heavy atom. The van der Waals surface area contributed by atoms with Crippen LogP contribution in [0.25, 0.3) is 10.9 Å². The van der Waals surface area contributed by atoms with Crippen LogP contribution in [0.15, 0.2) is 47.1 Å². The van der Waals surface area contributed by atoms with E-state index in [0.717, 1.165) is 33.1 Å². The van der Waals surface area contributed by atoms with Gasteiger partial charge in [-0.3, -0.25) is 0 Å². The largest absolute Gasteiger partial charge is 0.416 e. The number of H-pyrrole nitrogens is 1. The second-order valence-electron chi connectivity index (χ2n) is 5.55. The number of hydrogen-bond donors (Lipinski definition) is 2. The lowest BCUT2D eigenvalue weighted by molar-refractivity contribution is -0.137. The SMILES string of the molecule is N#Cc1cc(C(F)(F)F)ccc1NCCc1c[nH]c2cc(Br)ccc12. The number of hydrogen-bond acceptors (Lipinski definition) is 2. The maximum Gasteiger partial charge on any atom is 0.416 e. The number of nitriles is 1. The maximum atomic E-state index is 12.7. The smallest absolute Gasteiger partial charge is 0.384 e. The van der Waals surface area contributed by atoms with Crippen molar-refractivity contribution in [3.8, 4) is 6.07 Å². The van der Waals surface area contributed by atoms with Crippen molar-refractivity contribution in [1.82, 2.24) is 4.98 Å². The quantitative estimate of drug-likeness (QED) is 0.601. The third-order valence-corrected chi connectivity index (χ3v) is 4.40. The molecule has 3 nitrogen and oxygen atoms in total. The van der Waals surface area contributed by atoms with Crippen LogP contribution in [0.5, 0.6) is 0 Å². The number of benzene rings is 2. The first-order valence-electron chi connectivity index (χ1n) is 7.49. The Morgan fingerprint density at radius 3 is 2.68 bits per heavy atom. The molecule has 2 N–H and O–H groups in total. The average molecular weight is 408 g/mol. The molecule has 0 aliphatic carbocycles. The van der Waals surface area contributed by atoms with E-state index in [0.29, 0.717) is 18.7 Å². The zero-order chi connectivity index (χ0) is 18.0. The van der Waals surface area contributed by atoms with Gasteiger partial charge in [0.2, 0.25) is 0 Å². The number of anilines is 1. The Kier molecular flexibility index (Phi) is 4.73. The summed E-state index contributed by atoms with van der Waals surface area (Å²) >= 11 is 3.42. The van der Waals surface area contributed by atoms with E-state index in [9.17, 15) is 13.2 Å². The third-order valence-electron chi connectivity index (χ3n) is 3.91. The van der Waals surface area contributed by atoms with Gasteiger partial charge in [-0.1, -0.05) is 22.0 Å². The number of fused-ring (bicyclic) bond motifs is 1. The van der Waals surface area contributed by atoms with Crippen molar-refractivity contribution < 1.29 is 13.2 Å². The van der Waals surface area contributed by atoms with Gasteiger partial charge in [-0.05, 0) is 42.3 Å². The summed E-state index contributed by atoms with van der Waals surface area (Å²) in [5, 5.41) is 13.2. The molecule has 3 rings (SSSR count). The molecule has 0 amide bonds. The first-order valence-corrected chi connectivity index (χ1v) is 8.28. The van der Waals surface area contributed by atoms with E-state index in [4.69, 9.17) is 5.26 Å². The second-order valence-corrected chi connectivity index (χ2v) is 6.47. The lowest BCUT2D eigenvalue weighted by Crippen LogP contribution is -2.09. The van der Waals surface area contributed by atoms with E-state index >= 15 is 0 Å². The molecule has 0 spiro atoms. The molecule has 2 aromatic carbocycles. The molecular formula is C18H13BrF3N3. The zero-order valence-electron chi connectivity index (χ0n) is 12.9. The summed E-state index contributed by atoms with van der Waals surface area (Å²) in [5.74, 6) is 0. The van der Waals surface area contributed by atoms with Crippen LogP contribution < -0.4 is 5.32 Å². The highest BCUT2D eigenvalue weighted by molar-refractivity contribution is 9.10. The van der Waals surface area contributed by atoms with E-state index in [1.165, 1.54) is 6.07 Å². The van der Waals surface area contributed by atoms with Gasteiger partial charge < -0.3 is 10.3 Å². The molecule has 1 aromatic heterocycles. The molecule has 0 saturated heterocycles. The molecule has 0 atom stereocenters. The molecule has 1 heterocycles. The summed E-state index contributed by atoms with van der Waals surface area (Å²) in [6.45, 7) is 0.503. The standard InChI is InChI=1S/C18H13BrF3N3/c19-14-2-3-15-11(10-25-17(15)8-14)5-6-24-16-4-1-13(18(20,21)22)7-12(16)9-23/h1-4,7-8,10,24-25H,5-6H2. The highest BCUT2D eigenvalue weighted by Crippen LogP contribution is 2.31. The minimum absolute atomic E-state index is 0.0160. The summed E-state index contributed by atoms with van der Waals surface area (Å²) in [5.41, 5.74) is 1.67. The van der Waals surface area contributed by atoms with Crippen molar-refractivity contribution in [2.75, 3.05) is 11.9 Å². The predicted molar refractivity (Wildman–Crippen MR) is 94.4 cm³/mol. The van der Waals surface area contributed by atoms with Crippen molar-refractivity contribution >= 4 is 32.5 Å². The fourth-order valence-corrected chi connectivity index (χ4v) is 3.03. The summed E-state index contributed by atoms with van der Waals surface area (Å²) in [6.07, 6.45) is -1.87. The van der Waals surface area contributed by atoms with Gasteiger partial charge in [0, 0.05) is 28.1 Å². The van der Waals surface area contributed by atoms with Gasteiger partial charge in [0.1, 0.15) is 6.07 Å². The van der Waals surface area contributed by atoms with Crippen LogP contribution in [0.2, 0.25) is 0 Å². The summed E-state index contributed by atoms with van der Waals surface area (Å²) in [4.78, 5) is 3.19. The van der Waals surface area contributed by atoms with Crippen molar-refractivity contribution in [1.29, 1.82) is 5.26 Å². The van der Waals surface area contributed by atoms with Crippen molar-refractivity contribution in [3.63, 3.8) is 0 Å². The van der Waals surface area contributed by atoms with Crippen LogP contribution >= 0.6 is 15.9 Å². The first kappa shape index (κ1) is 17.4. The lowest BCUT2D eigenvalue weighted by Gasteiger charge is -2.11. The molecule has 0 saturated carbocycles.